The Balaban J connectivity index is 1.38. The third-order valence-electron chi connectivity index (χ3n) is 4.95. The fourth-order valence-corrected chi connectivity index (χ4v) is 4.82. The normalized spacial score (nSPS) is 30.4. The summed E-state index contributed by atoms with van der Waals surface area (Å²) in [5.74, 6) is -0.147. The van der Waals surface area contributed by atoms with Crippen molar-refractivity contribution in [1.29, 1.82) is 0 Å². The highest BCUT2D eigenvalue weighted by Crippen LogP contribution is 2.42. The summed E-state index contributed by atoms with van der Waals surface area (Å²) in [5.41, 5.74) is 1.08. The van der Waals surface area contributed by atoms with Crippen molar-refractivity contribution in [2.45, 2.75) is 36.3 Å². The molecule has 4 atom stereocenters. The number of thioether (sulfide) groups is 1. The molecule has 7 heteroatoms. The average molecular weight is 371 g/mol. The van der Waals surface area contributed by atoms with Gasteiger partial charge in [-0.1, -0.05) is 30.3 Å². The van der Waals surface area contributed by atoms with E-state index in [9.17, 15) is 14.7 Å². The molecule has 3 aliphatic heterocycles. The number of aliphatic imine (C=N–C) groups is 1. The van der Waals surface area contributed by atoms with Crippen molar-refractivity contribution in [2.75, 3.05) is 13.1 Å². The third-order valence-corrected chi connectivity index (χ3v) is 6.31. The fourth-order valence-electron chi connectivity index (χ4n) is 3.53. The Bertz CT molecular complexity index is 765. The molecule has 3 aliphatic rings. The number of carbonyl (C=O) groups excluding carboxylic acids is 2. The first-order chi connectivity index (χ1) is 12.6. The van der Waals surface area contributed by atoms with Crippen LogP contribution in [0.5, 0.6) is 0 Å². The number of aliphatic hydroxyl groups excluding tert-OH is 1. The highest BCUT2D eigenvalue weighted by Gasteiger charge is 2.40. The molecular weight excluding hydrogens is 350 g/mol. The molecule has 0 aliphatic carbocycles. The molecule has 4 rings (SSSR count). The quantitative estimate of drug-likeness (QED) is 0.809. The summed E-state index contributed by atoms with van der Waals surface area (Å²) >= 11 is 1.51. The van der Waals surface area contributed by atoms with E-state index in [0.717, 1.165) is 17.0 Å². The topological polar surface area (TPSA) is 82.0 Å². The monoisotopic (exact) mass is 371 g/mol. The number of amides is 1. The number of nitrogens with one attached hydrogen (secondary N) is 1. The summed E-state index contributed by atoms with van der Waals surface area (Å²) < 4.78 is 0. The molecule has 1 fully saturated rings. The molecule has 1 aromatic rings. The Labute approximate surface area is 156 Å². The summed E-state index contributed by atoms with van der Waals surface area (Å²) in [6.45, 7) is 0.731. The Kier molecular flexibility index (Phi) is 4.93. The van der Waals surface area contributed by atoms with E-state index in [1.807, 2.05) is 36.4 Å². The Hall–Kier alpha value is -1.96. The maximum absolute atomic E-state index is 12.8. The van der Waals surface area contributed by atoms with Crippen molar-refractivity contribution in [3.8, 4) is 0 Å². The fraction of sp³-hybridized carbons (Fsp3) is 0.421. The molecule has 1 amide bonds. The van der Waals surface area contributed by atoms with Gasteiger partial charge in [-0.25, -0.2) is 0 Å². The van der Waals surface area contributed by atoms with Crippen LogP contribution in [0.15, 0.2) is 41.4 Å². The second-order valence-corrected chi connectivity index (χ2v) is 8.00. The molecule has 1 saturated heterocycles. The standard InChI is InChI=1S/C19H21N3O3S/c23-13(8-14-16(24)6-7-20-14)10-22-11-21-15-9-17(26-18(15)19(22)25)12-4-2-1-3-5-12/h1-5,9,11,14-16,18,20,24H,6-8,10H2. The van der Waals surface area contributed by atoms with Gasteiger partial charge in [0.1, 0.15) is 5.25 Å². The maximum Gasteiger partial charge on any atom is 0.244 e. The van der Waals surface area contributed by atoms with Crippen LogP contribution in [0.2, 0.25) is 0 Å². The zero-order valence-corrected chi connectivity index (χ0v) is 15.1. The predicted octanol–water partition coefficient (Wildman–Crippen LogP) is 1.06. The number of carbonyl (C=O) groups is 2. The van der Waals surface area contributed by atoms with Gasteiger partial charge in [0.2, 0.25) is 5.91 Å². The molecule has 26 heavy (non-hydrogen) atoms. The second kappa shape index (κ2) is 7.34. The summed E-state index contributed by atoms with van der Waals surface area (Å²) in [7, 11) is 0. The lowest BCUT2D eigenvalue weighted by Crippen LogP contribution is -2.47. The maximum atomic E-state index is 12.8. The van der Waals surface area contributed by atoms with E-state index in [0.29, 0.717) is 6.42 Å². The van der Waals surface area contributed by atoms with Crippen molar-refractivity contribution >= 4 is 34.7 Å². The summed E-state index contributed by atoms with van der Waals surface area (Å²) in [6.07, 6.45) is 3.92. The van der Waals surface area contributed by atoms with E-state index in [1.165, 1.54) is 23.0 Å². The van der Waals surface area contributed by atoms with Gasteiger partial charge in [-0.15, -0.1) is 11.8 Å². The van der Waals surface area contributed by atoms with Crippen LogP contribution in [-0.4, -0.2) is 64.6 Å². The first-order valence-corrected chi connectivity index (χ1v) is 9.70. The van der Waals surface area contributed by atoms with Gasteiger partial charge in [-0.3, -0.25) is 19.5 Å². The molecule has 2 N–H and O–H groups in total. The predicted molar refractivity (Wildman–Crippen MR) is 102 cm³/mol. The lowest BCUT2D eigenvalue weighted by atomic mass is 10.1. The van der Waals surface area contributed by atoms with Gasteiger partial charge in [-0.05, 0) is 24.6 Å². The largest absolute Gasteiger partial charge is 0.391 e. The molecule has 3 heterocycles. The Morgan fingerprint density at radius 1 is 1.35 bits per heavy atom. The minimum atomic E-state index is -0.489. The minimum absolute atomic E-state index is 0.0116. The lowest BCUT2D eigenvalue weighted by Gasteiger charge is -2.27. The zero-order chi connectivity index (χ0) is 18.1. The Morgan fingerprint density at radius 2 is 2.15 bits per heavy atom. The summed E-state index contributed by atoms with van der Waals surface area (Å²) in [4.78, 5) is 32.0. The van der Waals surface area contributed by atoms with Gasteiger partial charge in [0.15, 0.2) is 5.78 Å². The van der Waals surface area contributed by atoms with E-state index < -0.39 is 6.10 Å². The number of rotatable bonds is 5. The molecule has 0 radical (unpaired) electrons. The second-order valence-electron chi connectivity index (χ2n) is 6.82. The molecule has 6 nitrogen and oxygen atoms in total. The van der Waals surface area contributed by atoms with Crippen LogP contribution in [0.4, 0.5) is 0 Å². The van der Waals surface area contributed by atoms with E-state index >= 15 is 0 Å². The highest BCUT2D eigenvalue weighted by atomic mass is 32.2. The third kappa shape index (κ3) is 3.47. The van der Waals surface area contributed by atoms with Gasteiger partial charge in [0.05, 0.1) is 25.0 Å². The van der Waals surface area contributed by atoms with Crippen molar-refractivity contribution < 1.29 is 14.7 Å². The number of aliphatic hydroxyl groups is 1. The van der Waals surface area contributed by atoms with Crippen LogP contribution in [0.3, 0.4) is 0 Å². The van der Waals surface area contributed by atoms with Crippen LogP contribution in [0.1, 0.15) is 18.4 Å². The number of hydrogen-bond donors (Lipinski definition) is 2. The van der Waals surface area contributed by atoms with E-state index in [-0.39, 0.29) is 42.0 Å². The van der Waals surface area contributed by atoms with E-state index in [2.05, 4.69) is 10.3 Å². The first-order valence-electron chi connectivity index (χ1n) is 8.82. The summed E-state index contributed by atoms with van der Waals surface area (Å²) in [6, 6.07) is 9.56. The van der Waals surface area contributed by atoms with Crippen LogP contribution >= 0.6 is 11.8 Å². The van der Waals surface area contributed by atoms with Crippen LogP contribution in [-0.2, 0) is 9.59 Å². The zero-order valence-electron chi connectivity index (χ0n) is 14.2. The van der Waals surface area contributed by atoms with E-state index in [4.69, 9.17) is 0 Å². The highest BCUT2D eigenvalue weighted by molar-refractivity contribution is 8.09. The van der Waals surface area contributed by atoms with Gasteiger partial charge >= 0.3 is 0 Å². The smallest absolute Gasteiger partial charge is 0.244 e. The van der Waals surface area contributed by atoms with Gasteiger partial charge in [0.25, 0.3) is 0 Å². The van der Waals surface area contributed by atoms with Crippen molar-refractivity contribution in [2.24, 2.45) is 4.99 Å². The van der Waals surface area contributed by atoms with Crippen molar-refractivity contribution in [3.05, 3.63) is 42.0 Å². The van der Waals surface area contributed by atoms with Gasteiger partial charge in [0, 0.05) is 17.4 Å². The minimum Gasteiger partial charge on any atom is -0.391 e. The van der Waals surface area contributed by atoms with E-state index in [1.54, 1.807) is 0 Å². The Morgan fingerprint density at radius 3 is 2.88 bits per heavy atom. The van der Waals surface area contributed by atoms with Gasteiger partial charge < -0.3 is 10.4 Å². The molecule has 0 bridgehead atoms. The van der Waals surface area contributed by atoms with Crippen LogP contribution in [0.25, 0.3) is 4.91 Å². The molecular formula is C19H21N3O3S. The molecule has 1 aromatic carbocycles. The lowest BCUT2D eigenvalue weighted by molar-refractivity contribution is -0.131. The number of nitrogens with zero attached hydrogens (tertiary/aromatic N) is 2. The molecule has 0 saturated carbocycles. The molecule has 0 spiro atoms. The number of Topliss-reactive ketones (excluding diaryl/α,β-unsaturated/α-hetero) is 1. The summed E-state index contributed by atoms with van der Waals surface area (Å²) in [5, 5.41) is 12.6. The number of ketones is 1. The van der Waals surface area contributed by atoms with Crippen LogP contribution in [0, 0.1) is 0 Å². The molecule has 4 unspecified atom stereocenters. The average Bonchev–Trinajstić information content (AvgIpc) is 3.25. The van der Waals surface area contributed by atoms with Gasteiger partial charge in [-0.2, -0.15) is 0 Å². The number of fused-ring (bicyclic) bond motifs is 1. The van der Waals surface area contributed by atoms with Crippen molar-refractivity contribution in [3.63, 3.8) is 0 Å². The van der Waals surface area contributed by atoms with Crippen molar-refractivity contribution in [1.82, 2.24) is 10.2 Å². The molecule has 136 valence electrons. The molecule has 0 aromatic heterocycles. The SMILES string of the molecule is O=C(CC1NCCC1O)CN1C=NC2C=C(c3ccccc3)SC2C1=O. The number of benzene rings is 1. The first kappa shape index (κ1) is 17.5. The van der Waals surface area contributed by atoms with Crippen LogP contribution < -0.4 is 5.32 Å². The number of hydrogen-bond acceptors (Lipinski definition) is 6.